The van der Waals surface area contributed by atoms with Crippen LogP contribution in [-0.2, 0) is 16.7 Å². The number of halogens is 2. The molecule has 2 rings (SSSR count). The molecule has 1 unspecified atom stereocenters. The van der Waals surface area contributed by atoms with Gasteiger partial charge in [0.05, 0.1) is 11.3 Å². The summed E-state index contributed by atoms with van der Waals surface area (Å²) in [5.74, 6) is -0.393. The van der Waals surface area contributed by atoms with E-state index in [9.17, 15) is 17.6 Å². The van der Waals surface area contributed by atoms with Crippen LogP contribution in [0, 0.1) is 5.82 Å². The number of rotatable bonds is 7. The molecule has 0 bridgehead atoms. The number of benzene rings is 2. The molecule has 2 aromatic carbocycles. The van der Waals surface area contributed by atoms with Crippen LogP contribution in [0.25, 0.3) is 0 Å². The first-order chi connectivity index (χ1) is 13.1. The molecule has 0 fully saturated rings. The number of nitrogens with one attached hydrogen (secondary N) is 1. The number of anilines is 1. The summed E-state index contributed by atoms with van der Waals surface area (Å²) in [7, 11) is -3.64. The molecule has 9 heteroatoms. The molecule has 0 aliphatic heterocycles. The zero-order chi connectivity index (χ0) is 20.9. The first kappa shape index (κ1) is 22.0. The van der Waals surface area contributed by atoms with Crippen molar-refractivity contribution >= 4 is 33.4 Å². The molecule has 1 atom stereocenters. The average molecular weight is 429 g/mol. The van der Waals surface area contributed by atoms with Crippen molar-refractivity contribution in [3.05, 3.63) is 58.9 Å². The van der Waals surface area contributed by atoms with E-state index in [1.54, 1.807) is 23.1 Å². The van der Waals surface area contributed by atoms with Crippen molar-refractivity contribution in [2.24, 2.45) is 0 Å². The summed E-state index contributed by atoms with van der Waals surface area (Å²) in [6, 6.07) is 9.98. The Bertz CT molecular complexity index is 953. The molecule has 0 aliphatic carbocycles. The number of carbonyl (C=O) groups excluding carboxylic acids is 1. The lowest BCUT2D eigenvalue weighted by molar-refractivity contribution is 0.187. The molecule has 0 aliphatic rings. The highest BCUT2D eigenvalue weighted by atomic mass is 35.5. The third-order valence-corrected chi connectivity index (χ3v) is 4.84. The highest BCUT2D eigenvalue weighted by Gasteiger charge is 2.20. The van der Waals surface area contributed by atoms with E-state index in [4.69, 9.17) is 15.8 Å². The Labute approximate surface area is 169 Å². The summed E-state index contributed by atoms with van der Waals surface area (Å²) in [5, 5.41) is 2.62. The average Bonchev–Trinajstić information content (AvgIpc) is 2.61. The van der Waals surface area contributed by atoms with Gasteiger partial charge in [-0.1, -0.05) is 30.7 Å². The van der Waals surface area contributed by atoms with Crippen LogP contribution in [0.5, 0.6) is 5.75 Å². The lowest BCUT2D eigenvalue weighted by Crippen LogP contribution is -2.40. The smallest absolute Gasteiger partial charge is 0.322 e. The van der Waals surface area contributed by atoms with Crippen LogP contribution in [-0.4, -0.2) is 31.6 Å². The van der Waals surface area contributed by atoms with Gasteiger partial charge in [-0.25, -0.2) is 9.18 Å². The largest absolute Gasteiger partial charge is 0.383 e. The summed E-state index contributed by atoms with van der Waals surface area (Å²) in [6.07, 6.45) is 1.67. The molecule has 0 radical (unpaired) electrons. The number of hydrogen-bond acceptors (Lipinski definition) is 4. The maximum Gasteiger partial charge on any atom is 0.322 e. The molecular weight excluding hydrogens is 407 g/mol. The standard InChI is InChI=1S/C19H22ClFN2O4S/c1-4-13(2)23(19(24)22-15-8-9-18(21)17(20)11-15)12-14-6-5-7-16(10-14)27-28(3,25)26/h5-11,13H,4,12H2,1-3H3,(H,22,24). The van der Waals surface area contributed by atoms with E-state index in [0.717, 1.165) is 6.26 Å². The third-order valence-electron chi connectivity index (χ3n) is 4.05. The van der Waals surface area contributed by atoms with Crippen molar-refractivity contribution in [1.82, 2.24) is 4.90 Å². The van der Waals surface area contributed by atoms with E-state index in [1.807, 2.05) is 13.8 Å². The van der Waals surface area contributed by atoms with Gasteiger partial charge in [0, 0.05) is 18.3 Å². The molecule has 0 aromatic heterocycles. The van der Waals surface area contributed by atoms with Crippen LogP contribution in [0.15, 0.2) is 42.5 Å². The third kappa shape index (κ3) is 6.38. The molecule has 152 valence electrons. The second-order valence-corrected chi connectivity index (χ2v) is 8.36. The highest BCUT2D eigenvalue weighted by molar-refractivity contribution is 7.86. The van der Waals surface area contributed by atoms with Crippen molar-refractivity contribution in [3.8, 4) is 5.75 Å². The van der Waals surface area contributed by atoms with Gasteiger partial charge < -0.3 is 14.4 Å². The van der Waals surface area contributed by atoms with E-state index >= 15 is 0 Å². The van der Waals surface area contributed by atoms with Crippen molar-refractivity contribution in [2.75, 3.05) is 11.6 Å². The van der Waals surface area contributed by atoms with Crippen molar-refractivity contribution in [3.63, 3.8) is 0 Å². The molecule has 28 heavy (non-hydrogen) atoms. The minimum atomic E-state index is -3.64. The zero-order valence-electron chi connectivity index (χ0n) is 15.8. The normalized spacial score (nSPS) is 12.3. The SMILES string of the molecule is CCC(C)N(Cc1cccc(OS(C)(=O)=O)c1)C(=O)Nc1ccc(F)c(Cl)c1. The van der Waals surface area contributed by atoms with Crippen LogP contribution >= 0.6 is 11.6 Å². The minimum absolute atomic E-state index is 0.0847. The Morgan fingerprint density at radius 2 is 2.00 bits per heavy atom. The molecular formula is C19H22ClFN2O4S. The Balaban J connectivity index is 2.20. The van der Waals surface area contributed by atoms with Gasteiger partial charge in [0.15, 0.2) is 0 Å². The monoisotopic (exact) mass is 428 g/mol. The fraction of sp³-hybridized carbons (Fsp3) is 0.316. The molecule has 1 N–H and O–H groups in total. The molecule has 2 aromatic rings. The van der Waals surface area contributed by atoms with E-state index in [1.165, 1.54) is 24.3 Å². The Kier molecular flexibility index (Phi) is 7.26. The van der Waals surface area contributed by atoms with Crippen LogP contribution in [0.3, 0.4) is 0 Å². The van der Waals surface area contributed by atoms with Crippen LogP contribution in [0.1, 0.15) is 25.8 Å². The molecule has 2 amide bonds. The fourth-order valence-corrected chi connectivity index (χ4v) is 3.12. The van der Waals surface area contributed by atoms with Gasteiger partial charge >= 0.3 is 16.1 Å². The maximum atomic E-state index is 13.3. The summed E-state index contributed by atoms with van der Waals surface area (Å²) >= 11 is 5.76. The highest BCUT2D eigenvalue weighted by Crippen LogP contribution is 2.22. The van der Waals surface area contributed by atoms with Gasteiger partial charge in [-0.15, -0.1) is 0 Å². The summed E-state index contributed by atoms with van der Waals surface area (Å²) in [5.41, 5.74) is 1.08. The lowest BCUT2D eigenvalue weighted by Gasteiger charge is -2.29. The maximum absolute atomic E-state index is 13.3. The van der Waals surface area contributed by atoms with Crippen LogP contribution < -0.4 is 9.50 Å². The van der Waals surface area contributed by atoms with Gasteiger partial charge in [0.2, 0.25) is 0 Å². The Morgan fingerprint density at radius 3 is 2.61 bits per heavy atom. The quantitative estimate of drug-likeness (QED) is 0.651. The Hall–Kier alpha value is -2.32. The molecule has 0 saturated carbocycles. The summed E-state index contributed by atoms with van der Waals surface area (Å²) in [6.45, 7) is 4.08. The lowest BCUT2D eigenvalue weighted by atomic mass is 10.1. The van der Waals surface area contributed by atoms with Crippen molar-refractivity contribution < 1.29 is 21.8 Å². The molecule has 6 nitrogen and oxygen atoms in total. The van der Waals surface area contributed by atoms with Gasteiger partial charge in [0.1, 0.15) is 11.6 Å². The Morgan fingerprint density at radius 1 is 1.29 bits per heavy atom. The molecule has 0 spiro atoms. The first-order valence-electron chi connectivity index (χ1n) is 8.60. The number of carbonyl (C=O) groups is 1. The second kappa shape index (κ2) is 9.25. The van der Waals surface area contributed by atoms with Crippen molar-refractivity contribution in [1.29, 1.82) is 0 Å². The second-order valence-electron chi connectivity index (χ2n) is 6.38. The summed E-state index contributed by atoms with van der Waals surface area (Å²) in [4.78, 5) is 14.4. The first-order valence-corrected chi connectivity index (χ1v) is 10.8. The van der Waals surface area contributed by atoms with E-state index < -0.39 is 15.9 Å². The molecule has 0 saturated heterocycles. The van der Waals surface area contributed by atoms with E-state index in [2.05, 4.69) is 5.32 Å². The number of nitrogens with zero attached hydrogens (tertiary/aromatic N) is 1. The minimum Gasteiger partial charge on any atom is -0.383 e. The van der Waals surface area contributed by atoms with Gasteiger partial charge in [-0.2, -0.15) is 8.42 Å². The number of urea groups is 1. The zero-order valence-corrected chi connectivity index (χ0v) is 17.3. The van der Waals surface area contributed by atoms with Crippen LogP contribution in [0.4, 0.5) is 14.9 Å². The van der Waals surface area contributed by atoms with Gasteiger partial charge in [-0.3, -0.25) is 0 Å². The van der Waals surface area contributed by atoms with Crippen LogP contribution in [0.2, 0.25) is 5.02 Å². The van der Waals surface area contributed by atoms with E-state index in [0.29, 0.717) is 17.7 Å². The van der Waals surface area contributed by atoms with Crippen molar-refractivity contribution in [2.45, 2.75) is 32.9 Å². The topological polar surface area (TPSA) is 75.7 Å². The molecule has 0 heterocycles. The van der Waals surface area contributed by atoms with E-state index in [-0.39, 0.29) is 29.4 Å². The number of hydrogen-bond donors (Lipinski definition) is 1. The predicted molar refractivity (Wildman–Crippen MR) is 108 cm³/mol. The summed E-state index contributed by atoms with van der Waals surface area (Å²) < 4.78 is 40.8. The predicted octanol–water partition coefficient (Wildman–Crippen LogP) is 4.65. The van der Waals surface area contributed by atoms with Gasteiger partial charge in [0.25, 0.3) is 0 Å². The van der Waals surface area contributed by atoms with Gasteiger partial charge in [-0.05, 0) is 49.2 Å². The number of amides is 2. The fourth-order valence-electron chi connectivity index (χ4n) is 2.48.